The smallest absolute Gasteiger partial charge is 0.290 e. The number of carbonyl (C=O) groups excluding carboxylic acids is 2. The molecule has 0 radical (unpaired) electrons. The Labute approximate surface area is 177 Å². The Morgan fingerprint density at radius 2 is 1.86 bits per heavy atom. The van der Waals surface area contributed by atoms with Crippen LogP contribution in [0.4, 0.5) is 4.79 Å². The summed E-state index contributed by atoms with van der Waals surface area (Å²) >= 11 is 2.67. The van der Waals surface area contributed by atoms with Gasteiger partial charge in [0.15, 0.2) is 0 Å². The lowest BCUT2D eigenvalue weighted by atomic mass is 10.2. The summed E-state index contributed by atoms with van der Waals surface area (Å²) in [6, 6.07) is 17.8. The number of thioether (sulfide) groups is 2. The van der Waals surface area contributed by atoms with E-state index in [9.17, 15) is 9.59 Å². The molecule has 2 aromatic carbocycles. The van der Waals surface area contributed by atoms with Crippen LogP contribution in [-0.2, 0) is 11.2 Å². The van der Waals surface area contributed by atoms with E-state index >= 15 is 0 Å². The van der Waals surface area contributed by atoms with E-state index in [1.165, 1.54) is 0 Å². The maximum Gasteiger partial charge on any atom is 0.290 e. The molecule has 0 atom stereocenters. The molecule has 3 aromatic rings. The molecule has 7 heteroatoms. The summed E-state index contributed by atoms with van der Waals surface area (Å²) in [5.41, 5.74) is 2.85. The number of nitrogens with zero attached hydrogens (tertiary/aromatic N) is 1. The van der Waals surface area contributed by atoms with E-state index < -0.39 is 0 Å². The Hall–Kier alpha value is -2.77. The summed E-state index contributed by atoms with van der Waals surface area (Å²) in [4.78, 5) is 29.0. The number of hydrogen-bond acceptors (Lipinski definition) is 6. The van der Waals surface area contributed by atoms with Gasteiger partial charge in [0.1, 0.15) is 5.76 Å². The molecule has 2 heterocycles. The van der Waals surface area contributed by atoms with E-state index in [1.807, 2.05) is 61.5 Å². The van der Waals surface area contributed by atoms with Crippen LogP contribution in [0.15, 0.2) is 68.8 Å². The summed E-state index contributed by atoms with van der Waals surface area (Å²) in [5.74, 6) is 2.06. The van der Waals surface area contributed by atoms with Crippen molar-refractivity contribution in [2.24, 2.45) is 0 Å². The molecule has 4 rings (SSSR count). The fourth-order valence-electron chi connectivity index (χ4n) is 2.86. The molecular weight excluding hydrogens is 404 g/mol. The van der Waals surface area contributed by atoms with Gasteiger partial charge in [-0.05, 0) is 54.6 Å². The van der Waals surface area contributed by atoms with Crippen LogP contribution in [-0.4, -0.2) is 21.9 Å². The molecule has 146 valence electrons. The van der Waals surface area contributed by atoms with Crippen LogP contribution >= 0.6 is 23.5 Å². The van der Waals surface area contributed by atoms with Gasteiger partial charge in [0.05, 0.1) is 10.6 Å². The molecule has 0 spiro atoms. The van der Waals surface area contributed by atoms with Gasteiger partial charge < -0.3 is 4.42 Å². The van der Waals surface area contributed by atoms with Crippen LogP contribution in [0.2, 0.25) is 0 Å². The maximum atomic E-state index is 11.6. The molecule has 0 unspecified atom stereocenters. The van der Waals surface area contributed by atoms with Crippen molar-refractivity contribution in [1.29, 1.82) is 0 Å². The van der Waals surface area contributed by atoms with Gasteiger partial charge in [-0.2, -0.15) is 0 Å². The highest BCUT2D eigenvalue weighted by Crippen LogP contribution is 2.27. The maximum absolute atomic E-state index is 11.6. The first-order chi connectivity index (χ1) is 14.1. The van der Waals surface area contributed by atoms with Crippen molar-refractivity contribution in [3.63, 3.8) is 0 Å². The zero-order valence-electron chi connectivity index (χ0n) is 15.7. The summed E-state index contributed by atoms with van der Waals surface area (Å²) in [6.07, 6.45) is 2.54. The van der Waals surface area contributed by atoms with Crippen LogP contribution in [0.3, 0.4) is 0 Å². The second-order valence-corrected chi connectivity index (χ2v) is 8.59. The molecule has 1 aromatic heterocycles. The number of oxazole rings is 1. The van der Waals surface area contributed by atoms with Gasteiger partial charge >= 0.3 is 0 Å². The molecule has 0 saturated carbocycles. The van der Waals surface area contributed by atoms with Gasteiger partial charge in [0, 0.05) is 22.6 Å². The van der Waals surface area contributed by atoms with E-state index in [2.05, 4.69) is 10.3 Å². The third-order valence-electron chi connectivity index (χ3n) is 4.34. The first kappa shape index (κ1) is 19.5. The third-order valence-corrected chi connectivity index (χ3v) is 6.17. The normalized spacial score (nSPS) is 15.1. The van der Waals surface area contributed by atoms with Gasteiger partial charge in [-0.15, -0.1) is 11.8 Å². The number of benzene rings is 2. The lowest BCUT2D eigenvalue weighted by Gasteiger charge is -2.02. The number of nitrogens with one attached hydrogen (secondary N) is 1. The second-order valence-electron chi connectivity index (χ2n) is 6.41. The molecule has 0 bridgehead atoms. The monoisotopic (exact) mass is 422 g/mol. The Bertz CT molecular complexity index is 1070. The number of aromatic nitrogens is 1. The van der Waals surface area contributed by atoms with Gasteiger partial charge in [0.25, 0.3) is 11.1 Å². The number of carbonyl (C=O) groups is 2. The highest BCUT2D eigenvalue weighted by molar-refractivity contribution is 8.18. The number of rotatable bonds is 6. The Morgan fingerprint density at radius 3 is 2.55 bits per heavy atom. The minimum Gasteiger partial charge on any atom is -0.441 e. The third kappa shape index (κ3) is 4.81. The van der Waals surface area contributed by atoms with Crippen LogP contribution in [0.25, 0.3) is 17.5 Å². The van der Waals surface area contributed by atoms with Crippen molar-refractivity contribution in [3.8, 4) is 11.5 Å². The Morgan fingerprint density at radius 1 is 1.10 bits per heavy atom. The highest BCUT2D eigenvalue weighted by Gasteiger charge is 2.24. The standard InChI is InChI=1S/C22H18N2O3S2/c1-14-18(23-21(27-14)16-5-3-2-4-6-16)11-12-28-17-9-7-15(8-10-17)13-19-20(25)24-22(26)29-19/h2-10,13H,11-12H2,1H3,(H,24,25,26)/b19-13-. The van der Waals surface area contributed by atoms with Crippen LogP contribution in [0.1, 0.15) is 17.0 Å². The fraction of sp³-hybridized carbons (Fsp3) is 0.136. The van der Waals surface area contributed by atoms with Crippen molar-refractivity contribution in [1.82, 2.24) is 10.3 Å². The SMILES string of the molecule is Cc1oc(-c2ccccc2)nc1CCSc1ccc(/C=C2\SC(=O)NC2=O)cc1. The minimum absolute atomic E-state index is 0.327. The van der Waals surface area contributed by atoms with Crippen LogP contribution in [0.5, 0.6) is 0 Å². The molecule has 0 aliphatic carbocycles. The molecule has 2 amide bonds. The van der Waals surface area contributed by atoms with E-state index in [-0.39, 0.29) is 11.1 Å². The summed E-state index contributed by atoms with van der Waals surface area (Å²) in [5, 5.41) is 1.93. The number of aryl methyl sites for hydroxylation is 2. The molecule has 1 aliphatic heterocycles. The van der Waals surface area contributed by atoms with E-state index in [4.69, 9.17) is 4.42 Å². The molecular formula is C22H18N2O3S2. The van der Waals surface area contributed by atoms with Crippen molar-refractivity contribution < 1.29 is 14.0 Å². The van der Waals surface area contributed by atoms with Crippen molar-refractivity contribution in [2.45, 2.75) is 18.2 Å². The zero-order valence-corrected chi connectivity index (χ0v) is 17.3. The molecule has 1 fully saturated rings. The lowest BCUT2D eigenvalue weighted by Crippen LogP contribution is -2.17. The molecule has 1 N–H and O–H groups in total. The summed E-state index contributed by atoms with van der Waals surface area (Å²) in [7, 11) is 0. The van der Waals surface area contributed by atoms with Crippen molar-refractivity contribution >= 4 is 40.7 Å². The predicted molar refractivity (Wildman–Crippen MR) is 117 cm³/mol. The van der Waals surface area contributed by atoms with E-state index in [0.717, 1.165) is 51.4 Å². The quantitative estimate of drug-likeness (QED) is 0.429. The molecule has 1 saturated heterocycles. The Kier molecular flexibility index (Phi) is 5.87. The first-order valence-electron chi connectivity index (χ1n) is 9.08. The lowest BCUT2D eigenvalue weighted by molar-refractivity contribution is -0.115. The molecule has 5 nitrogen and oxygen atoms in total. The zero-order chi connectivity index (χ0) is 20.2. The second kappa shape index (κ2) is 8.71. The first-order valence-corrected chi connectivity index (χ1v) is 10.9. The fourth-order valence-corrected chi connectivity index (χ4v) is 4.40. The van der Waals surface area contributed by atoms with E-state index in [0.29, 0.717) is 10.8 Å². The largest absolute Gasteiger partial charge is 0.441 e. The molecule has 1 aliphatic rings. The van der Waals surface area contributed by atoms with Gasteiger partial charge in [-0.25, -0.2) is 4.98 Å². The van der Waals surface area contributed by atoms with E-state index in [1.54, 1.807) is 17.8 Å². The van der Waals surface area contributed by atoms with Crippen LogP contribution in [0, 0.1) is 6.92 Å². The molecule has 29 heavy (non-hydrogen) atoms. The van der Waals surface area contributed by atoms with Gasteiger partial charge in [0.2, 0.25) is 5.89 Å². The summed E-state index contributed by atoms with van der Waals surface area (Å²) < 4.78 is 5.81. The van der Waals surface area contributed by atoms with Gasteiger partial charge in [-0.1, -0.05) is 30.3 Å². The topological polar surface area (TPSA) is 72.2 Å². The average molecular weight is 423 g/mol. The highest BCUT2D eigenvalue weighted by atomic mass is 32.2. The van der Waals surface area contributed by atoms with Gasteiger partial charge in [-0.3, -0.25) is 14.9 Å². The van der Waals surface area contributed by atoms with Crippen LogP contribution < -0.4 is 5.32 Å². The minimum atomic E-state index is -0.337. The van der Waals surface area contributed by atoms with Crippen molar-refractivity contribution in [3.05, 3.63) is 76.5 Å². The number of imide groups is 1. The van der Waals surface area contributed by atoms with Crippen molar-refractivity contribution in [2.75, 3.05) is 5.75 Å². The average Bonchev–Trinajstić information content (AvgIpc) is 3.25. The number of hydrogen-bond donors (Lipinski definition) is 1. The predicted octanol–water partition coefficient (Wildman–Crippen LogP) is 5.31. The Balaban J connectivity index is 1.34. The number of amides is 2. The summed E-state index contributed by atoms with van der Waals surface area (Å²) in [6.45, 7) is 1.95.